The van der Waals surface area contributed by atoms with Gasteiger partial charge in [-0.1, -0.05) is 6.07 Å². The van der Waals surface area contributed by atoms with E-state index in [1.807, 2.05) is 5.32 Å². The first kappa shape index (κ1) is 16.8. The predicted molar refractivity (Wildman–Crippen MR) is 68.5 cm³/mol. The van der Waals surface area contributed by atoms with E-state index in [1.54, 1.807) is 0 Å². The molecule has 5 nitrogen and oxygen atoms in total. The number of benzene rings is 1. The van der Waals surface area contributed by atoms with Crippen molar-refractivity contribution in [3.63, 3.8) is 0 Å². The van der Waals surface area contributed by atoms with Gasteiger partial charge < -0.3 is 10.1 Å². The van der Waals surface area contributed by atoms with Crippen LogP contribution in [-0.2, 0) is 20.4 Å². The second-order valence-electron chi connectivity index (χ2n) is 3.79. The number of ether oxygens (including phenoxy) is 1. The van der Waals surface area contributed by atoms with Gasteiger partial charge >= 0.3 is 0 Å². The fourth-order valence-electron chi connectivity index (χ4n) is 1.47. The van der Waals surface area contributed by atoms with Crippen molar-refractivity contribution >= 4 is 25.6 Å². The molecule has 1 aromatic carbocycles. The summed E-state index contributed by atoms with van der Waals surface area (Å²) >= 11 is 0. The lowest BCUT2D eigenvalue weighted by molar-refractivity contribution is 0.0891. The number of halogens is 3. The van der Waals surface area contributed by atoms with Crippen LogP contribution < -0.4 is 5.32 Å². The summed E-state index contributed by atoms with van der Waals surface area (Å²) in [4.78, 5) is 11.3. The Morgan fingerprint density at radius 1 is 1.45 bits per heavy atom. The van der Waals surface area contributed by atoms with E-state index in [1.165, 1.54) is 19.2 Å². The summed E-state index contributed by atoms with van der Waals surface area (Å²) < 4.78 is 51.7. The predicted octanol–water partition coefficient (Wildman–Crippen LogP) is 1.76. The van der Waals surface area contributed by atoms with E-state index in [-0.39, 0.29) is 22.6 Å². The molecule has 0 bridgehead atoms. The van der Waals surface area contributed by atoms with Crippen LogP contribution in [0.3, 0.4) is 0 Å². The molecule has 112 valence electrons. The van der Waals surface area contributed by atoms with Crippen LogP contribution in [0.5, 0.6) is 0 Å². The first-order valence-electron chi connectivity index (χ1n) is 5.38. The number of hydrogen-bond donors (Lipinski definition) is 1. The van der Waals surface area contributed by atoms with E-state index in [0.29, 0.717) is 0 Å². The minimum absolute atomic E-state index is 0.0137. The number of nitrogens with one attached hydrogen (secondary N) is 1. The Balaban J connectivity index is 3.10. The topological polar surface area (TPSA) is 72.5 Å². The molecule has 1 rings (SSSR count). The van der Waals surface area contributed by atoms with E-state index in [9.17, 15) is 22.0 Å². The van der Waals surface area contributed by atoms with Gasteiger partial charge in [-0.15, -0.1) is 0 Å². The van der Waals surface area contributed by atoms with Crippen LogP contribution >= 0.6 is 10.7 Å². The fourth-order valence-corrected chi connectivity index (χ4v) is 2.61. The summed E-state index contributed by atoms with van der Waals surface area (Å²) in [6.45, 7) is -0.832. The second-order valence-corrected chi connectivity index (χ2v) is 6.33. The zero-order valence-corrected chi connectivity index (χ0v) is 12.0. The molecule has 1 aromatic rings. The van der Waals surface area contributed by atoms with Crippen LogP contribution in [-0.4, -0.2) is 34.4 Å². The van der Waals surface area contributed by atoms with Crippen molar-refractivity contribution in [1.82, 2.24) is 5.32 Å². The molecule has 1 amide bonds. The molecular formula is C11H12ClF2NO4S. The summed E-state index contributed by atoms with van der Waals surface area (Å²) in [5.74, 6) is -0.809. The van der Waals surface area contributed by atoms with Crippen molar-refractivity contribution in [2.24, 2.45) is 0 Å². The van der Waals surface area contributed by atoms with Crippen LogP contribution in [0.2, 0.25) is 0 Å². The Morgan fingerprint density at radius 3 is 2.60 bits per heavy atom. The van der Waals surface area contributed by atoms with Crippen molar-refractivity contribution in [3.8, 4) is 0 Å². The zero-order chi connectivity index (χ0) is 15.3. The van der Waals surface area contributed by atoms with Gasteiger partial charge in [0.2, 0.25) is 0 Å². The lowest BCUT2D eigenvalue weighted by atomic mass is 10.1. The average Bonchev–Trinajstić information content (AvgIpc) is 2.35. The largest absolute Gasteiger partial charge is 0.380 e. The van der Waals surface area contributed by atoms with E-state index in [4.69, 9.17) is 15.4 Å². The zero-order valence-electron chi connectivity index (χ0n) is 10.4. The Hall–Kier alpha value is -1.25. The number of carbonyl (C=O) groups excluding carboxylic acids is 1. The number of rotatable bonds is 6. The first-order valence-corrected chi connectivity index (χ1v) is 7.69. The molecule has 0 aliphatic rings. The normalized spacial score (nSPS) is 11.7. The van der Waals surface area contributed by atoms with Crippen molar-refractivity contribution < 1.29 is 26.7 Å². The maximum absolute atomic E-state index is 12.0. The van der Waals surface area contributed by atoms with Crippen LogP contribution in [0.15, 0.2) is 23.1 Å². The highest BCUT2D eigenvalue weighted by Gasteiger charge is 2.19. The number of amides is 1. The smallest absolute Gasteiger partial charge is 0.261 e. The van der Waals surface area contributed by atoms with E-state index >= 15 is 0 Å². The molecule has 0 unspecified atom stereocenters. The molecule has 9 heteroatoms. The van der Waals surface area contributed by atoms with E-state index in [2.05, 4.69) is 0 Å². The standard InChI is InChI=1S/C11H12ClF2NO4S/c1-19-6-8-3-2-7(4-9(8)20(12,17)18)11(16)15-5-10(13)14/h2-4,10H,5-6H2,1H3,(H,15,16). The van der Waals surface area contributed by atoms with Gasteiger partial charge in [-0.05, 0) is 17.7 Å². The van der Waals surface area contributed by atoms with Gasteiger partial charge in [-0.25, -0.2) is 17.2 Å². The van der Waals surface area contributed by atoms with Gasteiger partial charge in [0, 0.05) is 23.4 Å². The Bertz CT molecular complexity index is 592. The summed E-state index contributed by atoms with van der Waals surface area (Å²) in [5.41, 5.74) is 0.192. The molecule has 20 heavy (non-hydrogen) atoms. The minimum atomic E-state index is -4.08. The molecule has 0 aromatic heterocycles. The summed E-state index contributed by atoms with van der Waals surface area (Å²) in [5, 5.41) is 1.97. The lowest BCUT2D eigenvalue weighted by Crippen LogP contribution is -2.28. The van der Waals surface area contributed by atoms with Gasteiger partial charge in [-0.2, -0.15) is 0 Å². The molecule has 0 atom stereocenters. The first-order chi connectivity index (χ1) is 9.25. The highest BCUT2D eigenvalue weighted by molar-refractivity contribution is 8.13. The van der Waals surface area contributed by atoms with Crippen LogP contribution in [0.4, 0.5) is 8.78 Å². The van der Waals surface area contributed by atoms with Crippen LogP contribution in [0.25, 0.3) is 0 Å². The van der Waals surface area contributed by atoms with Crippen molar-refractivity contribution in [3.05, 3.63) is 29.3 Å². The highest BCUT2D eigenvalue weighted by atomic mass is 35.7. The average molecular weight is 328 g/mol. The molecule has 0 heterocycles. The van der Waals surface area contributed by atoms with Crippen LogP contribution in [0.1, 0.15) is 15.9 Å². The molecule has 0 saturated heterocycles. The van der Waals surface area contributed by atoms with Gasteiger partial charge in [0.15, 0.2) is 0 Å². The number of methoxy groups -OCH3 is 1. The second kappa shape index (κ2) is 6.96. The molecule has 0 aliphatic carbocycles. The van der Waals surface area contributed by atoms with Crippen molar-refractivity contribution in [2.45, 2.75) is 17.9 Å². The molecular weight excluding hydrogens is 316 g/mol. The summed E-state index contributed by atoms with van der Waals surface area (Å²) in [6, 6.07) is 3.67. The van der Waals surface area contributed by atoms with E-state index in [0.717, 1.165) is 6.07 Å². The maximum atomic E-state index is 12.0. The molecule has 0 spiro atoms. The van der Waals surface area contributed by atoms with Crippen LogP contribution in [0, 0.1) is 0 Å². The Labute approximate surface area is 119 Å². The third kappa shape index (κ3) is 4.69. The monoisotopic (exact) mass is 327 g/mol. The third-order valence-corrected chi connectivity index (χ3v) is 3.71. The molecule has 0 aliphatic heterocycles. The summed E-state index contributed by atoms with van der Waals surface area (Å²) in [6.07, 6.45) is -2.69. The summed E-state index contributed by atoms with van der Waals surface area (Å²) in [7, 11) is 2.56. The highest BCUT2D eigenvalue weighted by Crippen LogP contribution is 2.22. The molecule has 0 saturated carbocycles. The SMILES string of the molecule is COCc1ccc(C(=O)NCC(F)F)cc1S(=O)(=O)Cl. The number of carbonyl (C=O) groups is 1. The van der Waals surface area contributed by atoms with Gasteiger partial charge in [0.05, 0.1) is 18.0 Å². The van der Waals surface area contributed by atoms with Crippen molar-refractivity contribution in [2.75, 3.05) is 13.7 Å². The van der Waals surface area contributed by atoms with Crippen molar-refractivity contribution in [1.29, 1.82) is 0 Å². The van der Waals surface area contributed by atoms with Gasteiger partial charge in [-0.3, -0.25) is 4.79 Å². The Morgan fingerprint density at radius 2 is 2.10 bits per heavy atom. The van der Waals surface area contributed by atoms with E-state index < -0.39 is 27.9 Å². The minimum Gasteiger partial charge on any atom is -0.380 e. The number of hydrogen-bond acceptors (Lipinski definition) is 4. The number of alkyl halides is 2. The Kier molecular flexibility index (Phi) is 5.85. The van der Waals surface area contributed by atoms with Gasteiger partial charge in [0.25, 0.3) is 21.4 Å². The van der Waals surface area contributed by atoms with Gasteiger partial charge in [0.1, 0.15) is 0 Å². The quantitative estimate of drug-likeness (QED) is 0.808. The molecule has 0 fully saturated rings. The molecule has 0 radical (unpaired) electrons. The molecule has 1 N–H and O–H groups in total. The maximum Gasteiger partial charge on any atom is 0.261 e. The lowest BCUT2D eigenvalue weighted by Gasteiger charge is -2.09. The fraction of sp³-hybridized carbons (Fsp3) is 0.364. The third-order valence-electron chi connectivity index (χ3n) is 2.31.